The maximum absolute atomic E-state index is 11.9. The highest BCUT2D eigenvalue weighted by Gasteiger charge is 2.40. The van der Waals surface area contributed by atoms with Crippen LogP contribution in [0.3, 0.4) is 0 Å². The van der Waals surface area contributed by atoms with E-state index < -0.39 is 0 Å². The van der Waals surface area contributed by atoms with Gasteiger partial charge in [-0.1, -0.05) is 25.4 Å². The van der Waals surface area contributed by atoms with Gasteiger partial charge >= 0.3 is 0 Å². The minimum atomic E-state index is -0.121. The molecule has 0 N–H and O–H groups in total. The monoisotopic (exact) mass is 368 g/mol. The maximum Gasteiger partial charge on any atom is 0.222 e. The maximum atomic E-state index is 11.9. The fourth-order valence-electron chi connectivity index (χ4n) is 4.01. The summed E-state index contributed by atoms with van der Waals surface area (Å²) in [5.41, 5.74) is 2.10. The van der Waals surface area contributed by atoms with E-state index in [1.807, 2.05) is 18.9 Å². The lowest BCUT2D eigenvalue weighted by Gasteiger charge is -2.47. The van der Waals surface area contributed by atoms with Crippen LogP contribution in [0.15, 0.2) is 0 Å². The molecule has 7 heteroatoms. The molecular weight excluding hydrogens is 340 g/mol. The summed E-state index contributed by atoms with van der Waals surface area (Å²) < 4.78 is 7.96. The summed E-state index contributed by atoms with van der Waals surface area (Å²) in [4.78, 5) is 16.3. The Kier molecular flexibility index (Phi) is 5.71. The van der Waals surface area contributed by atoms with E-state index in [0.29, 0.717) is 6.42 Å². The first-order valence-electron chi connectivity index (χ1n) is 9.32. The molecule has 1 aromatic rings. The molecule has 1 spiro atoms. The molecule has 0 atom stereocenters. The largest absolute Gasteiger partial charge is 0.372 e. The summed E-state index contributed by atoms with van der Waals surface area (Å²) in [6, 6.07) is 0. The highest BCUT2D eigenvalue weighted by molar-refractivity contribution is 6.30. The summed E-state index contributed by atoms with van der Waals surface area (Å²) >= 11 is 6.46. The molecule has 0 aliphatic carbocycles. The Labute approximate surface area is 155 Å². The van der Waals surface area contributed by atoms with E-state index in [2.05, 4.69) is 16.9 Å². The van der Waals surface area contributed by atoms with E-state index in [0.717, 1.165) is 75.0 Å². The molecule has 0 radical (unpaired) electrons. The number of aromatic nitrogens is 2. The standard InChI is InChI=1S/C18H29ClN4O2/c1-4-15-14(17(19)21(3)20-15)12-22-10-11-25-18(13-22)6-8-23(9-7-18)16(24)5-2/h4-13H2,1-3H3. The van der Waals surface area contributed by atoms with Gasteiger partial charge in [-0.25, -0.2) is 0 Å². The van der Waals surface area contributed by atoms with E-state index in [4.69, 9.17) is 16.3 Å². The summed E-state index contributed by atoms with van der Waals surface area (Å²) in [7, 11) is 1.90. The van der Waals surface area contributed by atoms with Crippen LogP contribution in [-0.2, 0) is 29.5 Å². The third-order valence-corrected chi connectivity index (χ3v) is 6.00. The molecule has 3 rings (SSSR count). The Morgan fingerprint density at radius 2 is 2.00 bits per heavy atom. The van der Waals surface area contributed by atoms with E-state index in [9.17, 15) is 4.79 Å². The molecule has 0 saturated carbocycles. The highest BCUT2D eigenvalue weighted by Crippen LogP contribution is 2.32. The van der Waals surface area contributed by atoms with Gasteiger partial charge < -0.3 is 9.64 Å². The van der Waals surface area contributed by atoms with Crippen molar-refractivity contribution in [2.24, 2.45) is 7.05 Å². The zero-order valence-electron chi connectivity index (χ0n) is 15.6. The number of nitrogens with zero attached hydrogens (tertiary/aromatic N) is 4. The average molecular weight is 369 g/mol. The van der Waals surface area contributed by atoms with Gasteiger partial charge in [-0.05, 0) is 19.3 Å². The van der Waals surface area contributed by atoms with Crippen LogP contribution in [0.2, 0.25) is 5.15 Å². The average Bonchev–Trinajstić information content (AvgIpc) is 2.89. The molecule has 3 heterocycles. The lowest BCUT2D eigenvalue weighted by atomic mass is 9.89. The van der Waals surface area contributed by atoms with E-state index >= 15 is 0 Å². The molecular formula is C18H29ClN4O2. The third kappa shape index (κ3) is 3.86. The first kappa shape index (κ1) is 18.7. The number of hydrogen-bond donors (Lipinski definition) is 0. The van der Waals surface area contributed by atoms with Crippen LogP contribution in [0.4, 0.5) is 0 Å². The first-order valence-corrected chi connectivity index (χ1v) is 9.70. The van der Waals surface area contributed by atoms with Crippen LogP contribution in [0.25, 0.3) is 0 Å². The van der Waals surface area contributed by atoms with Crippen LogP contribution >= 0.6 is 11.6 Å². The van der Waals surface area contributed by atoms with Gasteiger partial charge in [0.15, 0.2) is 0 Å². The van der Waals surface area contributed by atoms with Crippen LogP contribution in [0.5, 0.6) is 0 Å². The predicted octanol–water partition coefficient (Wildman–Crippen LogP) is 2.24. The lowest BCUT2D eigenvalue weighted by molar-refractivity contribution is -0.151. The minimum absolute atomic E-state index is 0.121. The number of hydrogen-bond acceptors (Lipinski definition) is 4. The predicted molar refractivity (Wildman–Crippen MR) is 97.7 cm³/mol. The number of likely N-dealkylation sites (tertiary alicyclic amines) is 1. The molecule has 0 bridgehead atoms. The van der Waals surface area contributed by atoms with E-state index in [1.54, 1.807) is 4.68 Å². The van der Waals surface area contributed by atoms with Crippen molar-refractivity contribution in [1.82, 2.24) is 19.6 Å². The SMILES string of the molecule is CCC(=O)N1CCC2(CC1)CN(Cc1c(CC)nn(C)c1Cl)CCO2. The Hall–Kier alpha value is -1.11. The van der Waals surface area contributed by atoms with Crippen molar-refractivity contribution < 1.29 is 9.53 Å². The molecule has 0 aromatic carbocycles. The quantitative estimate of drug-likeness (QED) is 0.817. The second kappa shape index (κ2) is 7.64. The number of amides is 1. The zero-order valence-corrected chi connectivity index (χ0v) is 16.3. The minimum Gasteiger partial charge on any atom is -0.372 e. The Balaban J connectivity index is 1.65. The smallest absolute Gasteiger partial charge is 0.222 e. The van der Waals surface area contributed by atoms with Gasteiger partial charge in [-0.15, -0.1) is 0 Å². The van der Waals surface area contributed by atoms with Gasteiger partial charge in [-0.3, -0.25) is 14.4 Å². The molecule has 2 aliphatic rings. The molecule has 6 nitrogen and oxygen atoms in total. The fourth-order valence-corrected chi connectivity index (χ4v) is 4.22. The Morgan fingerprint density at radius 3 is 2.64 bits per heavy atom. The van der Waals surface area contributed by atoms with E-state index in [1.165, 1.54) is 0 Å². The van der Waals surface area contributed by atoms with Gasteiger partial charge in [0.1, 0.15) is 5.15 Å². The number of aryl methyl sites for hydroxylation is 2. The van der Waals surface area contributed by atoms with Crippen molar-refractivity contribution in [3.05, 3.63) is 16.4 Å². The van der Waals surface area contributed by atoms with Gasteiger partial charge in [0.2, 0.25) is 5.91 Å². The second-order valence-electron chi connectivity index (χ2n) is 7.17. The second-order valence-corrected chi connectivity index (χ2v) is 7.53. The van der Waals surface area contributed by atoms with Crippen molar-refractivity contribution in [3.8, 4) is 0 Å². The van der Waals surface area contributed by atoms with Crippen LogP contribution in [-0.4, -0.2) is 63.9 Å². The van der Waals surface area contributed by atoms with Crippen molar-refractivity contribution >= 4 is 17.5 Å². The molecule has 2 aliphatic heterocycles. The van der Waals surface area contributed by atoms with Crippen molar-refractivity contribution in [2.75, 3.05) is 32.8 Å². The number of halogens is 1. The van der Waals surface area contributed by atoms with Crippen LogP contribution in [0, 0.1) is 0 Å². The van der Waals surface area contributed by atoms with Crippen LogP contribution < -0.4 is 0 Å². The Bertz CT molecular complexity index is 623. The van der Waals surface area contributed by atoms with Gasteiger partial charge in [0, 0.05) is 51.8 Å². The lowest BCUT2D eigenvalue weighted by Crippen LogP contribution is -2.57. The number of carbonyl (C=O) groups excluding carboxylic acids is 1. The molecule has 2 saturated heterocycles. The number of carbonyl (C=O) groups is 1. The molecule has 25 heavy (non-hydrogen) atoms. The number of rotatable bonds is 4. The van der Waals surface area contributed by atoms with Crippen molar-refractivity contribution in [2.45, 2.75) is 51.7 Å². The summed E-state index contributed by atoms with van der Waals surface area (Å²) in [6.45, 7) is 9.00. The number of morpholine rings is 1. The summed E-state index contributed by atoms with van der Waals surface area (Å²) in [5, 5.41) is 5.26. The third-order valence-electron chi connectivity index (χ3n) is 5.53. The van der Waals surface area contributed by atoms with Gasteiger partial charge in [0.25, 0.3) is 0 Å². The first-order chi connectivity index (χ1) is 12.0. The number of piperidine rings is 1. The van der Waals surface area contributed by atoms with E-state index in [-0.39, 0.29) is 11.5 Å². The number of ether oxygens (including phenoxy) is 1. The normalized spacial score (nSPS) is 21.0. The van der Waals surface area contributed by atoms with Crippen molar-refractivity contribution in [3.63, 3.8) is 0 Å². The molecule has 1 amide bonds. The van der Waals surface area contributed by atoms with Crippen LogP contribution in [0.1, 0.15) is 44.4 Å². The van der Waals surface area contributed by atoms with Gasteiger partial charge in [-0.2, -0.15) is 5.10 Å². The van der Waals surface area contributed by atoms with Gasteiger partial charge in [0.05, 0.1) is 17.9 Å². The molecule has 0 unspecified atom stereocenters. The highest BCUT2D eigenvalue weighted by atomic mass is 35.5. The molecule has 1 aromatic heterocycles. The molecule has 2 fully saturated rings. The zero-order chi connectivity index (χ0) is 18.0. The summed E-state index contributed by atoms with van der Waals surface area (Å²) in [6.07, 6.45) is 3.30. The van der Waals surface area contributed by atoms with Crippen molar-refractivity contribution in [1.29, 1.82) is 0 Å². The molecule has 140 valence electrons. The fraction of sp³-hybridized carbons (Fsp3) is 0.778. The summed E-state index contributed by atoms with van der Waals surface area (Å²) in [5.74, 6) is 0.247. The Morgan fingerprint density at radius 1 is 1.28 bits per heavy atom. The topological polar surface area (TPSA) is 50.6 Å².